The van der Waals surface area contributed by atoms with Crippen molar-refractivity contribution in [1.29, 1.82) is 0 Å². The van der Waals surface area contributed by atoms with Gasteiger partial charge in [-0.25, -0.2) is 19.9 Å². The van der Waals surface area contributed by atoms with Gasteiger partial charge in [-0.1, -0.05) is 30.3 Å². The Kier molecular flexibility index (Phi) is 4.84. The maximum Gasteiger partial charge on any atom is 0.133 e. The number of benzene rings is 1. The Labute approximate surface area is 153 Å². The molecular formula is C20H22N6. The SMILES string of the molecule is Cc1nc2c(c(NCCc3nccc(-c4ccccc4)n3)n1)CCNC2. The van der Waals surface area contributed by atoms with Gasteiger partial charge in [0.1, 0.15) is 17.5 Å². The number of hydrogen-bond donors (Lipinski definition) is 2. The molecule has 26 heavy (non-hydrogen) atoms. The standard InChI is InChI=1S/C20H22N6/c1-14-24-18-13-21-10-7-16(18)20(25-14)23-12-9-19-22-11-8-17(26-19)15-5-3-2-4-6-15/h2-6,8,11,21H,7,9-10,12-13H2,1H3,(H,23,24,25). The molecule has 0 spiro atoms. The number of nitrogens with one attached hydrogen (secondary N) is 2. The Hall–Kier alpha value is -2.86. The van der Waals surface area contributed by atoms with Crippen LogP contribution in [0.2, 0.25) is 0 Å². The molecule has 0 fully saturated rings. The highest BCUT2D eigenvalue weighted by Crippen LogP contribution is 2.20. The van der Waals surface area contributed by atoms with Crippen molar-refractivity contribution in [3.05, 3.63) is 65.5 Å². The molecule has 6 nitrogen and oxygen atoms in total. The largest absolute Gasteiger partial charge is 0.369 e. The van der Waals surface area contributed by atoms with E-state index in [1.807, 2.05) is 37.4 Å². The lowest BCUT2D eigenvalue weighted by Gasteiger charge is -2.20. The molecular weight excluding hydrogens is 324 g/mol. The highest BCUT2D eigenvalue weighted by atomic mass is 15.1. The third-order valence-corrected chi connectivity index (χ3v) is 4.46. The van der Waals surface area contributed by atoms with Crippen LogP contribution >= 0.6 is 0 Å². The zero-order valence-electron chi connectivity index (χ0n) is 14.9. The molecule has 4 rings (SSSR count). The minimum Gasteiger partial charge on any atom is -0.369 e. The fraction of sp³-hybridized carbons (Fsp3) is 0.300. The van der Waals surface area contributed by atoms with Gasteiger partial charge in [-0.15, -0.1) is 0 Å². The van der Waals surface area contributed by atoms with Gasteiger partial charge in [-0.3, -0.25) is 0 Å². The Balaban J connectivity index is 1.45. The summed E-state index contributed by atoms with van der Waals surface area (Å²) in [7, 11) is 0. The summed E-state index contributed by atoms with van der Waals surface area (Å²) < 4.78 is 0. The van der Waals surface area contributed by atoms with E-state index in [0.29, 0.717) is 0 Å². The van der Waals surface area contributed by atoms with Crippen LogP contribution in [-0.4, -0.2) is 33.0 Å². The molecule has 1 aliphatic rings. The molecule has 3 heterocycles. The van der Waals surface area contributed by atoms with Gasteiger partial charge >= 0.3 is 0 Å². The lowest BCUT2D eigenvalue weighted by Crippen LogP contribution is -2.27. The summed E-state index contributed by atoms with van der Waals surface area (Å²) in [5.41, 5.74) is 4.40. The highest BCUT2D eigenvalue weighted by molar-refractivity contribution is 5.58. The molecule has 0 bridgehead atoms. The van der Waals surface area contributed by atoms with E-state index in [-0.39, 0.29) is 0 Å². The average Bonchev–Trinajstić information content (AvgIpc) is 2.69. The Morgan fingerprint density at radius 1 is 1.08 bits per heavy atom. The number of aromatic nitrogens is 4. The molecule has 0 saturated carbocycles. The third kappa shape index (κ3) is 3.70. The zero-order valence-corrected chi connectivity index (χ0v) is 14.9. The molecule has 0 saturated heterocycles. The molecule has 1 aromatic carbocycles. The number of hydrogen-bond acceptors (Lipinski definition) is 6. The maximum absolute atomic E-state index is 4.69. The normalized spacial score (nSPS) is 13.3. The molecule has 0 unspecified atom stereocenters. The summed E-state index contributed by atoms with van der Waals surface area (Å²) >= 11 is 0. The van der Waals surface area contributed by atoms with Gasteiger partial charge < -0.3 is 10.6 Å². The average molecular weight is 346 g/mol. The summed E-state index contributed by atoms with van der Waals surface area (Å²) in [6.45, 7) is 4.47. The van der Waals surface area contributed by atoms with Gasteiger partial charge in [0.2, 0.25) is 0 Å². The molecule has 0 radical (unpaired) electrons. The number of anilines is 1. The maximum atomic E-state index is 4.69. The second-order valence-electron chi connectivity index (χ2n) is 6.37. The van der Waals surface area contributed by atoms with Crippen molar-refractivity contribution in [3.8, 4) is 11.3 Å². The van der Waals surface area contributed by atoms with E-state index < -0.39 is 0 Å². The molecule has 0 aliphatic carbocycles. The van der Waals surface area contributed by atoms with E-state index in [2.05, 4.69) is 42.7 Å². The van der Waals surface area contributed by atoms with Crippen molar-refractivity contribution in [2.45, 2.75) is 26.3 Å². The predicted molar refractivity (Wildman–Crippen MR) is 102 cm³/mol. The van der Waals surface area contributed by atoms with Crippen molar-refractivity contribution in [2.75, 3.05) is 18.4 Å². The summed E-state index contributed by atoms with van der Waals surface area (Å²) in [5, 5.41) is 6.82. The number of rotatable bonds is 5. The summed E-state index contributed by atoms with van der Waals surface area (Å²) in [5.74, 6) is 2.59. The van der Waals surface area contributed by atoms with E-state index in [1.54, 1.807) is 0 Å². The first-order valence-corrected chi connectivity index (χ1v) is 8.98. The molecule has 2 aromatic heterocycles. The van der Waals surface area contributed by atoms with Crippen molar-refractivity contribution in [2.24, 2.45) is 0 Å². The minimum absolute atomic E-state index is 0.745. The molecule has 2 N–H and O–H groups in total. The predicted octanol–water partition coefficient (Wildman–Crippen LogP) is 2.54. The quantitative estimate of drug-likeness (QED) is 0.739. The Morgan fingerprint density at radius 3 is 2.85 bits per heavy atom. The Morgan fingerprint density at radius 2 is 1.96 bits per heavy atom. The first-order valence-electron chi connectivity index (χ1n) is 8.98. The summed E-state index contributed by atoms with van der Waals surface area (Å²) in [4.78, 5) is 18.2. The van der Waals surface area contributed by atoms with Crippen LogP contribution in [0.25, 0.3) is 11.3 Å². The van der Waals surface area contributed by atoms with Crippen LogP contribution < -0.4 is 10.6 Å². The van der Waals surface area contributed by atoms with Crippen LogP contribution in [0, 0.1) is 6.92 Å². The second-order valence-corrected chi connectivity index (χ2v) is 6.37. The van der Waals surface area contributed by atoms with Gasteiger partial charge in [-0.2, -0.15) is 0 Å². The zero-order chi connectivity index (χ0) is 17.8. The van der Waals surface area contributed by atoms with Crippen LogP contribution in [0.4, 0.5) is 5.82 Å². The molecule has 132 valence electrons. The van der Waals surface area contributed by atoms with Crippen molar-refractivity contribution in [1.82, 2.24) is 25.3 Å². The van der Waals surface area contributed by atoms with Crippen LogP contribution in [0.1, 0.15) is 22.9 Å². The molecule has 3 aromatic rings. The van der Waals surface area contributed by atoms with E-state index in [0.717, 1.165) is 66.9 Å². The number of fused-ring (bicyclic) bond motifs is 1. The van der Waals surface area contributed by atoms with Gasteiger partial charge in [0.25, 0.3) is 0 Å². The lowest BCUT2D eigenvalue weighted by molar-refractivity contribution is 0.620. The molecule has 0 amide bonds. The van der Waals surface area contributed by atoms with Crippen LogP contribution in [0.5, 0.6) is 0 Å². The third-order valence-electron chi connectivity index (χ3n) is 4.46. The minimum atomic E-state index is 0.745. The van der Waals surface area contributed by atoms with Crippen LogP contribution in [0.15, 0.2) is 42.6 Å². The second kappa shape index (κ2) is 7.58. The van der Waals surface area contributed by atoms with E-state index in [9.17, 15) is 0 Å². The monoisotopic (exact) mass is 346 g/mol. The van der Waals surface area contributed by atoms with Crippen molar-refractivity contribution >= 4 is 5.82 Å². The summed E-state index contributed by atoms with van der Waals surface area (Å²) in [6, 6.07) is 12.1. The number of nitrogens with zero attached hydrogens (tertiary/aromatic N) is 4. The molecule has 0 atom stereocenters. The first kappa shape index (κ1) is 16.6. The van der Waals surface area contributed by atoms with Crippen LogP contribution in [-0.2, 0) is 19.4 Å². The smallest absolute Gasteiger partial charge is 0.133 e. The first-order chi connectivity index (χ1) is 12.8. The fourth-order valence-corrected chi connectivity index (χ4v) is 3.21. The van der Waals surface area contributed by atoms with E-state index in [4.69, 9.17) is 0 Å². The van der Waals surface area contributed by atoms with Crippen molar-refractivity contribution in [3.63, 3.8) is 0 Å². The number of aryl methyl sites for hydroxylation is 1. The molecule has 1 aliphatic heterocycles. The topological polar surface area (TPSA) is 75.6 Å². The van der Waals surface area contributed by atoms with Gasteiger partial charge in [0, 0.05) is 36.8 Å². The fourth-order valence-electron chi connectivity index (χ4n) is 3.21. The Bertz CT molecular complexity index is 894. The molecule has 6 heteroatoms. The van der Waals surface area contributed by atoms with Gasteiger partial charge in [-0.05, 0) is 26.0 Å². The van der Waals surface area contributed by atoms with E-state index in [1.165, 1.54) is 5.56 Å². The van der Waals surface area contributed by atoms with Crippen molar-refractivity contribution < 1.29 is 0 Å². The van der Waals surface area contributed by atoms with Gasteiger partial charge in [0.05, 0.1) is 11.4 Å². The van der Waals surface area contributed by atoms with Crippen LogP contribution in [0.3, 0.4) is 0 Å². The van der Waals surface area contributed by atoms with E-state index >= 15 is 0 Å². The summed E-state index contributed by atoms with van der Waals surface area (Å²) in [6.07, 6.45) is 3.53. The lowest BCUT2D eigenvalue weighted by atomic mass is 10.1. The highest BCUT2D eigenvalue weighted by Gasteiger charge is 2.16. The van der Waals surface area contributed by atoms with Gasteiger partial charge in [0.15, 0.2) is 0 Å².